The first-order valence-corrected chi connectivity index (χ1v) is 5.47. The number of rotatable bonds is 3. The van der Waals surface area contributed by atoms with Crippen LogP contribution >= 0.6 is 35.8 Å². The van der Waals surface area contributed by atoms with Crippen LogP contribution in [0.5, 0.6) is 0 Å². The Kier molecular flexibility index (Phi) is 4.67. The second kappa shape index (κ2) is 5.37. The SMILES string of the molecule is OC(CS)C(O)c1cc(Cl)cc(F)c1Cl. The van der Waals surface area contributed by atoms with E-state index in [1.165, 1.54) is 6.07 Å². The highest BCUT2D eigenvalue weighted by Gasteiger charge is 2.21. The molecule has 0 radical (unpaired) electrons. The number of halogens is 3. The summed E-state index contributed by atoms with van der Waals surface area (Å²) < 4.78 is 13.1. The van der Waals surface area contributed by atoms with Crippen LogP contribution in [0.3, 0.4) is 0 Å². The van der Waals surface area contributed by atoms with Gasteiger partial charge in [0.15, 0.2) is 0 Å². The Balaban J connectivity index is 3.13. The second-order valence-electron chi connectivity index (χ2n) is 2.99. The molecule has 0 amide bonds. The Morgan fingerprint density at radius 3 is 2.47 bits per heavy atom. The van der Waals surface area contributed by atoms with Crippen LogP contribution < -0.4 is 0 Å². The molecular formula is C9H9Cl2FO2S. The number of hydrogen-bond acceptors (Lipinski definition) is 3. The quantitative estimate of drug-likeness (QED) is 0.584. The lowest BCUT2D eigenvalue weighted by Gasteiger charge is -2.17. The Hall–Kier alpha value is -0.0000000000000000555. The summed E-state index contributed by atoms with van der Waals surface area (Å²) in [6, 6.07) is 2.34. The van der Waals surface area contributed by atoms with Gasteiger partial charge < -0.3 is 10.2 Å². The van der Waals surface area contributed by atoms with E-state index in [4.69, 9.17) is 23.2 Å². The molecule has 0 heterocycles. The van der Waals surface area contributed by atoms with Crippen LogP contribution in [0.4, 0.5) is 4.39 Å². The molecule has 15 heavy (non-hydrogen) atoms. The van der Waals surface area contributed by atoms with Gasteiger partial charge in [0.2, 0.25) is 0 Å². The first kappa shape index (κ1) is 13.1. The standard InChI is InChI=1S/C9H9Cl2FO2S/c10-4-1-5(8(11)6(12)2-4)9(14)7(13)3-15/h1-2,7,9,13-15H,3H2. The average molecular weight is 271 g/mol. The van der Waals surface area contributed by atoms with Crippen LogP contribution in [-0.4, -0.2) is 22.1 Å². The van der Waals surface area contributed by atoms with Gasteiger partial charge in [-0.3, -0.25) is 0 Å². The van der Waals surface area contributed by atoms with Crippen LogP contribution in [0.2, 0.25) is 10.0 Å². The lowest BCUT2D eigenvalue weighted by molar-refractivity contribution is 0.0336. The van der Waals surface area contributed by atoms with Gasteiger partial charge in [0, 0.05) is 16.3 Å². The summed E-state index contributed by atoms with van der Waals surface area (Å²) in [4.78, 5) is 0. The van der Waals surface area contributed by atoms with Crippen molar-refractivity contribution in [2.45, 2.75) is 12.2 Å². The van der Waals surface area contributed by atoms with Crippen LogP contribution in [0.25, 0.3) is 0 Å². The Labute approximate surface area is 102 Å². The Morgan fingerprint density at radius 2 is 1.93 bits per heavy atom. The summed E-state index contributed by atoms with van der Waals surface area (Å²) in [5.41, 5.74) is 0.0585. The van der Waals surface area contributed by atoms with Crippen molar-refractivity contribution in [2.75, 3.05) is 5.75 Å². The molecule has 0 aliphatic carbocycles. The molecular weight excluding hydrogens is 262 g/mol. The van der Waals surface area contributed by atoms with E-state index in [9.17, 15) is 14.6 Å². The minimum atomic E-state index is -1.30. The molecule has 1 aromatic carbocycles. The van der Waals surface area contributed by atoms with Gasteiger partial charge in [0.1, 0.15) is 11.9 Å². The van der Waals surface area contributed by atoms with Gasteiger partial charge >= 0.3 is 0 Å². The average Bonchev–Trinajstić information content (AvgIpc) is 2.21. The topological polar surface area (TPSA) is 40.5 Å². The fourth-order valence-corrected chi connectivity index (χ4v) is 1.73. The van der Waals surface area contributed by atoms with E-state index in [1.807, 2.05) is 0 Å². The van der Waals surface area contributed by atoms with Crippen molar-refractivity contribution in [2.24, 2.45) is 0 Å². The maximum Gasteiger partial charge on any atom is 0.143 e. The summed E-state index contributed by atoms with van der Waals surface area (Å²) in [6.45, 7) is 0. The highest BCUT2D eigenvalue weighted by Crippen LogP contribution is 2.31. The maximum atomic E-state index is 13.1. The van der Waals surface area contributed by atoms with Gasteiger partial charge in [-0.1, -0.05) is 23.2 Å². The Morgan fingerprint density at radius 1 is 1.33 bits per heavy atom. The van der Waals surface area contributed by atoms with E-state index in [0.717, 1.165) is 6.07 Å². The molecule has 2 atom stereocenters. The molecule has 0 saturated carbocycles. The van der Waals surface area contributed by atoms with Crippen LogP contribution in [0.1, 0.15) is 11.7 Å². The van der Waals surface area contributed by atoms with Crippen LogP contribution in [-0.2, 0) is 0 Å². The number of aliphatic hydroxyl groups excluding tert-OH is 2. The zero-order valence-electron chi connectivity index (χ0n) is 7.49. The van der Waals surface area contributed by atoms with Gasteiger partial charge in [0.25, 0.3) is 0 Å². The highest BCUT2D eigenvalue weighted by molar-refractivity contribution is 7.80. The largest absolute Gasteiger partial charge is 0.389 e. The van der Waals surface area contributed by atoms with Gasteiger partial charge in [-0.05, 0) is 12.1 Å². The second-order valence-corrected chi connectivity index (χ2v) is 4.17. The predicted molar refractivity (Wildman–Crippen MR) is 61.2 cm³/mol. The van der Waals surface area contributed by atoms with Crippen molar-refractivity contribution < 1.29 is 14.6 Å². The lowest BCUT2D eigenvalue weighted by atomic mass is 10.1. The van der Waals surface area contributed by atoms with Crippen molar-refractivity contribution in [3.63, 3.8) is 0 Å². The summed E-state index contributed by atoms with van der Waals surface area (Å²) in [7, 11) is 0. The van der Waals surface area contributed by atoms with E-state index >= 15 is 0 Å². The molecule has 0 aliphatic heterocycles. The molecule has 0 spiro atoms. The molecule has 0 aromatic heterocycles. The number of aliphatic hydroxyl groups is 2. The monoisotopic (exact) mass is 270 g/mol. The molecule has 0 saturated heterocycles. The lowest BCUT2D eigenvalue weighted by Crippen LogP contribution is -2.20. The minimum absolute atomic E-state index is 0.0334. The summed E-state index contributed by atoms with van der Waals surface area (Å²) in [5.74, 6) is -0.699. The molecule has 0 aliphatic rings. The first-order valence-electron chi connectivity index (χ1n) is 4.08. The Bertz CT molecular complexity index is 362. The molecule has 1 aromatic rings. The number of benzene rings is 1. The summed E-state index contributed by atoms with van der Waals surface area (Å²) in [6.07, 6.45) is -2.42. The fraction of sp³-hybridized carbons (Fsp3) is 0.333. The third-order valence-corrected chi connectivity index (χ3v) is 2.88. The molecule has 6 heteroatoms. The normalized spacial score (nSPS) is 15.1. The zero-order chi connectivity index (χ0) is 11.6. The molecule has 84 valence electrons. The first-order chi connectivity index (χ1) is 6.97. The predicted octanol–water partition coefficient (Wildman–Crippen LogP) is 2.46. The molecule has 2 nitrogen and oxygen atoms in total. The minimum Gasteiger partial charge on any atom is -0.389 e. The van der Waals surface area contributed by atoms with E-state index in [-0.39, 0.29) is 21.4 Å². The molecule has 2 N–H and O–H groups in total. The third-order valence-electron chi connectivity index (χ3n) is 1.89. The van der Waals surface area contributed by atoms with Gasteiger partial charge in [-0.25, -0.2) is 4.39 Å². The van der Waals surface area contributed by atoms with Crippen molar-refractivity contribution in [1.82, 2.24) is 0 Å². The molecule has 0 fully saturated rings. The van der Waals surface area contributed by atoms with E-state index in [2.05, 4.69) is 12.6 Å². The maximum absolute atomic E-state index is 13.1. The summed E-state index contributed by atoms with van der Waals surface area (Å²) >= 11 is 15.0. The van der Waals surface area contributed by atoms with E-state index < -0.39 is 18.0 Å². The van der Waals surface area contributed by atoms with Gasteiger partial charge in [-0.2, -0.15) is 12.6 Å². The van der Waals surface area contributed by atoms with Crippen LogP contribution in [0, 0.1) is 5.82 Å². The van der Waals surface area contributed by atoms with Crippen molar-refractivity contribution in [3.8, 4) is 0 Å². The number of hydrogen-bond donors (Lipinski definition) is 3. The van der Waals surface area contributed by atoms with Crippen molar-refractivity contribution in [1.29, 1.82) is 0 Å². The summed E-state index contributed by atoms with van der Waals surface area (Å²) in [5, 5.41) is 18.8. The zero-order valence-corrected chi connectivity index (χ0v) is 9.90. The van der Waals surface area contributed by atoms with Crippen molar-refractivity contribution in [3.05, 3.63) is 33.6 Å². The third kappa shape index (κ3) is 2.98. The van der Waals surface area contributed by atoms with Crippen molar-refractivity contribution >= 4 is 35.8 Å². The molecule has 1 rings (SSSR count). The fourth-order valence-electron chi connectivity index (χ4n) is 1.10. The molecule has 2 unspecified atom stereocenters. The van der Waals surface area contributed by atoms with Gasteiger partial charge in [0.05, 0.1) is 11.1 Å². The molecule has 0 bridgehead atoms. The van der Waals surface area contributed by atoms with Gasteiger partial charge in [-0.15, -0.1) is 0 Å². The van der Waals surface area contributed by atoms with E-state index in [0.29, 0.717) is 0 Å². The smallest absolute Gasteiger partial charge is 0.143 e. The number of thiol groups is 1. The highest BCUT2D eigenvalue weighted by atomic mass is 35.5. The van der Waals surface area contributed by atoms with E-state index in [1.54, 1.807) is 0 Å². The van der Waals surface area contributed by atoms with Crippen LogP contribution in [0.15, 0.2) is 12.1 Å².